The van der Waals surface area contributed by atoms with Crippen molar-refractivity contribution in [1.29, 1.82) is 0 Å². The standard InChI is InChI=1S/C30H31N3OS/c1-21-9-7-12-23(19-21)28-26-14-8-18-32(26)29-25(24-13-5-6-15-27(24)35-29)20-33(28)30(34)31-17-16-22-10-3-2-4-11-22/h2-4,7-12,14,18-19,28H,5-6,13,15-17,20H2,1H3,(H,31,34)/t28-/m0/s1. The van der Waals surface area contributed by atoms with Gasteiger partial charge < -0.3 is 14.8 Å². The molecule has 1 atom stereocenters. The normalized spacial score (nSPS) is 16.7. The van der Waals surface area contributed by atoms with E-state index in [0.717, 1.165) is 30.5 Å². The summed E-state index contributed by atoms with van der Waals surface area (Å²) in [4.78, 5) is 17.4. The minimum absolute atomic E-state index is 0.00352. The van der Waals surface area contributed by atoms with Gasteiger partial charge in [0.25, 0.3) is 0 Å². The second-order valence-corrected chi connectivity index (χ2v) is 10.8. The first-order valence-electron chi connectivity index (χ1n) is 12.6. The average Bonchev–Trinajstić information content (AvgIpc) is 3.46. The summed E-state index contributed by atoms with van der Waals surface area (Å²) in [5.41, 5.74) is 7.60. The maximum atomic E-state index is 13.9. The zero-order chi connectivity index (χ0) is 23.8. The van der Waals surface area contributed by atoms with Crippen LogP contribution in [0.5, 0.6) is 0 Å². The van der Waals surface area contributed by atoms with Crippen molar-refractivity contribution >= 4 is 17.4 Å². The Bertz CT molecular complexity index is 1350. The van der Waals surface area contributed by atoms with Gasteiger partial charge in [-0.3, -0.25) is 0 Å². The van der Waals surface area contributed by atoms with Crippen LogP contribution in [0.15, 0.2) is 72.9 Å². The highest BCUT2D eigenvalue weighted by molar-refractivity contribution is 7.15. The Morgan fingerprint density at radius 2 is 1.86 bits per heavy atom. The van der Waals surface area contributed by atoms with Gasteiger partial charge in [-0.05, 0) is 67.9 Å². The molecule has 178 valence electrons. The highest BCUT2D eigenvalue weighted by Crippen LogP contribution is 2.44. The number of hydrogen-bond donors (Lipinski definition) is 1. The van der Waals surface area contributed by atoms with Crippen molar-refractivity contribution < 1.29 is 4.79 Å². The van der Waals surface area contributed by atoms with Crippen LogP contribution < -0.4 is 5.32 Å². The molecule has 0 saturated heterocycles. The highest BCUT2D eigenvalue weighted by Gasteiger charge is 2.35. The molecule has 0 saturated carbocycles. The Hall–Kier alpha value is -3.31. The molecule has 0 unspecified atom stereocenters. The first-order chi connectivity index (χ1) is 17.2. The molecule has 6 rings (SSSR count). The van der Waals surface area contributed by atoms with Crippen molar-refractivity contribution in [2.75, 3.05) is 6.54 Å². The quantitative estimate of drug-likeness (QED) is 0.351. The van der Waals surface area contributed by atoms with Gasteiger partial charge in [-0.2, -0.15) is 0 Å². The summed E-state index contributed by atoms with van der Waals surface area (Å²) in [6.07, 6.45) is 7.78. The topological polar surface area (TPSA) is 37.3 Å². The number of benzene rings is 2. The third-order valence-electron chi connectivity index (χ3n) is 7.33. The number of fused-ring (bicyclic) bond motifs is 5. The van der Waals surface area contributed by atoms with E-state index < -0.39 is 0 Å². The SMILES string of the molecule is Cc1cccc([C@H]2c3cccn3-c3sc4c(c3CN2C(=O)NCCc2ccccc2)CCCC4)c1. The summed E-state index contributed by atoms with van der Waals surface area (Å²) >= 11 is 1.93. The molecular weight excluding hydrogens is 450 g/mol. The van der Waals surface area contributed by atoms with E-state index in [1.165, 1.54) is 45.0 Å². The van der Waals surface area contributed by atoms with E-state index in [0.29, 0.717) is 13.1 Å². The van der Waals surface area contributed by atoms with Crippen molar-refractivity contribution in [3.05, 3.63) is 111 Å². The zero-order valence-electron chi connectivity index (χ0n) is 20.2. The lowest BCUT2D eigenvalue weighted by atomic mass is 9.95. The molecule has 4 aromatic rings. The maximum absolute atomic E-state index is 13.9. The number of hydrogen-bond acceptors (Lipinski definition) is 2. The monoisotopic (exact) mass is 481 g/mol. The Labute approximate surface area is 211 Å². The first-order valence-corrected chi connectivity index (χ1v) is 13.5. The summed E-state index contributed by atoms with van der Waals surface area (Å²) in [7, 11) is 0. The van der Waals surface area contributed by atoms with E-state index in [9.17, 15) is 4.79 Å². The van der Waals surface area contributed by atoms with Gasteiger partial charge in [0.05, 0.1) is 18.3 Å². The predicted octanol–water partition coefficient (Wildman–Crippen LogP) is 6.58. The van der Waals surface area contributed by atoms with E-state index in [2.05, 4.69) is 88.6 Å². The number of thiophene rings is 1. The van der Waals surface area contributed by atoms with Crippen LogP contribution in [-0.4, -0.2) is 22.0 Å². The number of rotatable bonds is 4. The van der Waals surface area contributed by atoms with Gasteiger partial charge in [0, 0.05) is 23.2 Å². The fourth-order valence-electron chi connectivity index (χ4n) is 5.64. The lowest BCUT2D eigenvalue weighted by Crippen LogP contribution is -2.42. The number of carbonyl (C=O) groups excluding carboxylic acids is 1. The number of nitrogens with one attached hydrogen (secondary N) is 1. The van der Waals surface area contributed by atoms with Gasteiger partial charge >= 0.3 is 6.03 Å². The third-order valence-corrected chi connectivity index (χ3v) is 8.66. The smallest absolute Gasteiger partial charge is 0.318 e. The van der Waals surface area contributed by atoms with Crippen molar-refractivity contribution in [2.24, 2.45) is 0 Å². The molecule has 2 aromatic heterocycles. The van der Waals surface area contributed by atoms with Gasteiger partial charge in [-0.1, -0.05) is 60.2 Å². The van der Waals surface area contributed by atoms with Gasteiger partial charge in [0.15, 0.2) is 0 Å². The van der Waals surface area contributed by atoms with E-state index in [4.69, 9.17) is 0 Å². The molecule has 0 fully saturated rings. The molecule has 0 radical (unpaired) electrons. The molecule has 1 N–H and O–H groups in total. The lowest BCUT2D eigenvalue weighted by molar-refractivity contribution is 0.180. The first kappa shape index (κ1) is 22.2. The van der Waals surface area contributed by atoms with Crippen LogP contribution in [0.3, 0.4) is 0 Å². The molecule has 0 spiro atoms. The number of amides is 2. The molecule has 1 aliphatic carbocycles. The van der Waals surface area contributed by atoms with Crippen LogP contribution in [0, 0.1) is 6.92 Å². The summed E-state index contributed by atoms with van der Waals surface area (Å²) in [5.74, 6) is 0. The molecule has 1 aliphatic heterocycles. The second kappa shape index (κ2) is 9.38. The minimum Gasteiger partial charge on any atom is -0.338 e. The van der Waals surface area contributed by atoms with Crippen LogP contribution in [0.4, 0.5) is 4.79 Å². The zero-order valence-corrected chi connectivity index (χ0v) is 21.0. The summed E-state index contributed by atoms with van der Waals surface area (Å²) in [6.45, 7) is 3.38. The number of nitrogens with zero attached hydrogens (tertiary/aromatic N) is 2. The Morgan fingerprint density at radius 1 is 1.00 bits per heavy atom. The molecule has 2 aromatic carbocycles. The van der Waals surface area contributed by atoms with Crippen LogP contribution in [-0.2, 0) is 25.8 Å². The van der Waals surface area contributed by atoms with Gasteiger partial charge in [0.2, 0.25) is 0 Å². The number of carbonyl (C=O) groups is 1. The van der Waals surface area contributed by atoms with Crippen molar-refractivity contribution in [3.63, 3.8) is 0 Å². The van der Waals surface area contributed by atoms with Crippen LogP contribution in [0.1, 0.15) is 57.3 Å². The summed E-state index contributed by atoms with van der Waals surface area (Å²) < 4.78 is 2.35. The van der Waals surface area contributed by atoms with E-state index >= 15 is 0 Å². The second-order valence-electron chi connectivity index (χ2n) is 9.71. The molecule has 0 bridgehead atoms. The molecule has 4 nitrogen and oxygen atoms in total. The minimum atomic E-state index is -0.138. The van der Waals surface area contributed by atoms with Crippen LogP contribution in [0.25, 0.3) is 5.00 Å². The molecule has 5 heteroatoms. The van der Waals surface area contributed by atoms with Gasteiger partial charge in [0.1, 0.15) is 5.00 Å². The summed E-state index contributed by atoms with van der Waals surface area (Å²) in [6, 6.07) is 23.1. The van der Waals surface area contributed by atoms with E-state index in [-0.39, 0.29) is 12.1 Å². The fourth-order valence-corrected chi connectivity index (χ4v) is 7.04. The maximum Gasteiger partial charge on any atom is 0.318 e. The molecule has 35 heavy (non-hydrogen) atoms. The predicted molar refractivity (Wildman–Crippen MR) is 142 cm³/mol. The molecule has 2 aliphatic rings. The van der Waals surface area contributed by atoms with Crippen molar-refractivity contribution in [2.45, 2.75) is 51.6 Å². The number of aryl methyl sites for hydroxylation is 2. The third kappa shape index (κ3) is 4.19. The van der Waals surface area contributed by atoms with Crippen LogP contribution >= 0.6 is 11.3 Å². The highest BCUT2D eigenvalue weighted by atomic mass is 32.1. The summed E-state index contributed by atoms with van der Waals surface area (Å²) in [5, 5.41) is 4.55. The fraction of sp³-hybridized carbons (Fsp3) is 0.300. The van der Waals surface area contributed by atoms with Crippen molar-refractivity contribution in [3.8, 4) is 5.00 Å². The molecule has 3 heterocycles. The molecular formula is C30H31N3OS. The number of urea groups is 1. The van der Waals surface area contributed by atoms with Gasteiger partial charge in [-0.15, -0.1) is 11.3 Å². The van der Waals surface area contributed by atoms with Crippen molar-refractivity contribution in [1.82, 2.24) is 14.8 Å². The lowest BCUT2D eigenvalue weighted by Gasteiger charge is -2.31. The molecule has 2 amide bonds. The number of aromatic nitrogens is 1. The Morgan fingerprint density at radius 3 is 2.71 bits per heavy atom. The van der Waals surface area contributed by atoms with E-state index in [1.54, 1.807) is 0 Å². The van der Waals surface area contributed by atoms with E-state index in [1.807, 2.05) is 17.4 Å². The largest absolute Gasteiger partial charge is 0.338 e. The Kier molecular flexibility index (Phi) is 5.95. The average molecular weight is 482 g/mol. The Balaban J connectivity index is 1.39. The van der Waals surface area contributed by atoms with Crippen LogP contribution in [0.2, 0.25) is 0 Å². The van der Waals surface area contributed by atoms with Gasteiger partial charge in [-0.25, -0.2) is 4.79 Å².